The fourth-order valence-corrected chi connectivity index (χ4v) is 4.48. The Kier molecular flexibility index (Phi) is 12.5. The summed E-state index contributed by atoms with van der Waals surface area (Å²) >= 11 is 0. The van der Waals surface area contributed by atoms with Crippen molar-refractivity contribution in [2.24, 2.45) is 0 Å². The van der Waals surface area contributed by atoms with Gasteiger partial charge >= 0.3 is 6.09 Å². The number of rotatable bonds is 13. The van der Waals surface area contributed by atoms with Crippen molar-refractivity contribution < 1.29 is 19.1 Å². The second kappa shape index (κ2) is 15.3. The van der Waals surface area contributed by atoms with Crippen LogP contribution in [0.3, 0.4) is 0 Å². The van der Waals surface area contributed by atoms with Gasteiger partial charge in [-0.3, -0.25) is 9.59 Å². The van der Waals surface area contributed by atoms with E-state index in [1.54, 1.807) is 25.7 Å². The van der Waals surface area contributed by atoms with Crippen LogP contribution in [-0.4, -0.2) is 47.0 Å². The van der Waals surface area contributed by atoms with Crippen molar-refractivity contribution in [3.63, 3.8) is 0 Å². The van der Waals surface area contributed by atoms with Crippen molar-refractivity contribution >= 4 is 17.9 Å². The molecule has 2 aromatic rings. The third kappa shape index (κ3) is 10.7. The average molecular weight is 538 g/mol. The average Bonchev–Trinajstić information content (AvgIpc) is 2.85. The molecule has 0 saturated carbocycles. The van der Waals surface area contributed by atoms with Crippen LogP contribution in [0.5, 0.6) is 0 Å². The minimum absolute atomic E-state index is 0.0962. The van der Waals surface area contributed by atoms with E-state index in [1.807, 2.05) is 75.4 Å². The number of unbranched alkanes of at least 4 members (excludes halogenated alkanes) is 3. The molecule has 0 bridgehead atoms. The number of ether oxygens (including phenoxy) is 1. The van der Waals surface area contributed by atoms with E-state index >= 15 is 0 Å². The van der Waals surface area contributed by atoms with Crippen molar-refractivity contribution in [2.75, 3.05) is 6.54 Å². The molecule has 2 unspecified atom stereocenters. The van der Waals surface area contributed by atoms with Gasteiger partial charge in [0.1, 0.15) is 17.7 Å². The normalized spacial score (nSPS) is 12.9. The van der Waals surface area contributed by atoms with Crippen LogP contribution in [-0.2, 0) is 20.7 Å². The molecule has 214 valence electrons. The van der Waals surface area contributed by atoms with E-state index in [2.05, 4.69) is 17.6 Å². The number of amides is 3. The van der Waals surface area contributed by atoms with Crippen LogP contribution in [0.15, 0.2) is 54.6 Å². The lowest BCUT2D eigenvalue weighted by molar-refractivity contribution is -0.142. The summed E-state index contributed by atoms with van der Waals surface area (Å²) in [6, 6.07) is 15.4. The SMILES string of the molecule is CCCCCCN(C(=O)C(Cc1ccccc1)NC(=O)OC(C)(C)C)C(C(=O)NC(C)C)c1ccccc1C. The summed E-state index contributed by atoms with van der Waals surface area (Å²) in [6.07, 6.45) is 3.40. The zero-order valence-corrected chi connectivity index (χ0v) is 24.8. The van der Waals surface area contributed by atoms with E-state index < -0.39 is 23.8 Å². The van der Waals surface area contributed by atoms with Gasteiger partial charge < -0.3 is 20.3 Å². The number of hydrogen-bond donors (Lipinski definition) is 2. The van der Waals surface area contributed by atoms with Gasteiger partial charge in [-0.1, -0.05) is 80.8 Å². The number of aryl methyl sites for hydroxylation is 1. The second-order valence-corrected chi connectivity index (χ2v) is 11.4. The summed E-state index contributed by atoms with van der Waals surface area (Å²) in [5, 5.41) is 5.84. The molecule has 0 aromatic heterocycles. The summed E-state index contributed by atoms with van der Waals surface area (Å²) in [5.74, 6) is -0.549. The van der Waals surface area contributed by atoms with Crippen LogP contribution in [0.25, 0.3) is 0 Å². The van der Waals surface area contributed by atoms with E-state index in [4.69, 9.17) is 4.74 Å². The molecule has 0 aliphatic carbocycles. The van der Waals surface area contributed by atoms with Crippen molar-refractivity contribution in [3.8, 4) is 0 Å². The van der Waals surface area contributed by atoms with Gasteiger partial charge in [-0.2, -0.15) is 0 Å². The van der Waals surface area contributed by atoms with Gasteiger partial charge in [0.2, 0.25) is 11.8 Å². The number of carbonyl (C=O) groups excluding carboxylic acids is 3. The third-order valence-corrected chi connectivity index (χ3v) is 6.28. The molecule has 0 heterocycles. The topological polar surface area (TPSA) is 87.7 Å². The highest BCUT2D eigenvalue weighted by Crippen LogP contribution is 2.27. The minimum Gasteiger partial charge on any atom is -0.444 e. The molecule has 0 saturated heterocycles. The molecule has 0 aliphatic heterocycles. The van der Waals surface area contributed by atoms with E-state index in [0.29, 0.717) is 6.54 Å². The Balaban J connectivity index is 2.55. The fraction of sp³-hybridized carbons (Fsp3) is 0.531. The quantitative estimate of drug-likeness (QED) is 0.302. The zero-order chi connectivity index (χ0) is 29.0. The first-order valence-corrected chi connectivity index (χ1v) is 14.1. The third-order valence-electron chi connectivity index (χ3n) is 6.28. The number of nitrogens with one attached hydrogen (secondary N) is 2. The van der Waals surface area contributed by atoms with Crippen LogP contribution in [0.2, 0.25) is 0 Å². The lowest BCUT2D eigenvalue weighted by Crippen LogP contribution is -2.54. The Morgan fingerprint density at radius 3 is 2.13 bits per heavy atom. The van der Waals surface area contributed by atoms with Crippen molar-refractivity contribution in [1.82, 2.24) is 15.5 Å². The van der Waals surface area contributed by atoms with E-state index in [1.165, 1.54) is 0 Å². The first kappa shape index (κ1) is 31.9. The zero-order valence-electron chi connectivity index (χ0n) is 24.8. The predicted octanol–water partition coefficient (Wildman–Crippen LogP) is 6.11. The number of carbonyl (C=O) groups is 3. The van der Waals surface area contributed by atoms with E-state index in [9.17, 15) is 14.4 Å². The fourth-order valence-electron chi connectivity index (χ4n) is 4.48. The van der Waals surface area contributed by atoms with Gasteiger partial charge in [0, 0.05) is 19.0 Å². The molecule has 39 heavy (non-hydrogen) atoms. The number of hydrogen-bond acceptors (Lipinski definition) is 4. The van der Waals surface area contributed by atoms with Crippen molar-refractivity contribution in [2.45, 2.75) is 104 Å². The van der Waals surface area contributed by atoms with Crippen LogP contribution < -0.4 is 10.6 Å². The highest BCUT2D eigenvalue weighted by atomic mass is 16.6. The van der Waals surface area contributed by atoms with Gasteiger partial charge in [-0.15, -0.1) is 0 Å². The molecule has 7 heteroatoms. The summed E-state index contributed by atoms with van der Waals surface area (Å²) < 4.78 is 5.51. The van der Waals surface area contributed by atoms with Crippen LogP contribution in [0.1, 0.15) is 90.0 Å². The van der Waals surface area contributed by atoms with Crippen LogP contribution >= 0.6 is 0 Å². The Bertz CT molecular complexity index is 1060. The number of benzene rings is 2. The molecular weight excluding hydrogens is 490 g/mol. The molecule has 2 N–H and O–H groups in total. The van der Waals surface area contributed by atoms with Crippen LogP contribution in [0.4, 0.5) is 4.79 Å². The van der Waals surface area contributed by atoms with Gasteiger partial charge in [-0.25, -0.2) is 4.79 Å². The van der Waals surface area contributed by atoms with E-state index in [0.717, 1.165) is 42.4 Å². The monoisotopic (exact) mass is 537 g/mol. The Morgan fingerprint density at radius 1 is 0.897 bits per heavy atom. The molecule has 0 radical (unpaired) electrons. The van der Waals surface area contributed by atoms with Crippen molar-refractivity contribution in [3.05, 3.63) is 71.3 Å². The highest BCUT2D eigenvalue weighted by molar-refractivity contribution is 5.92. The summed E-state index contributed by atoms with van der Waals surface area (Å²) in [6.45, 7) is 13.6. The van der Waals surface area contributed by atoms with Gasteiger partial charge in [0.25, 0.3) is 0 Å². The molecule has 0 fully saturated rings. The maximum atomic E-state index is 14.4. The largest absolute Gasteiger partial charge is 0.444 e. The summed E-state index contributed by atoms with van der Waals surface area (Å²) in [4.78, 5) is 42.6. The predicted molar refractivity (Wildman–Crippen MR) is 156 cm³/mol. The number of nitrogens with zero attached hydrogens (tertiary/aromatic N) is 1. The van der Waals surface area contributed by atoms with Crippen LogP contribution in [0, 0.1) is 6.92 Å². The first-order valence-electron chi connectivity index (χ1n) is 14.1. The Morgan fingerprint density at radius 2 is 1.54 bits per heavy atom. The van der Waals surface area contributed by atoms with Gasteiger partial charge in [0.05, 0.1) is 0 Å². The maximum Gasteiger partial charge on any atom is 0.408 e. The highest BCUT2D eigenvalue weighted by Gasteiger charge is 2.37. The van der Waals surface area contributed by atoms with Gasteiger partial charge in [0.15, 0.2) is 0 Å². The molecule has 0 aliphatic rings. The van der Waals surface area contributed by atoms with Crippen molar-refractivity contribution in [1.29, 1.82) is 0 Å². The Hall–Kier alpha value is -3.35. The molecule has 7 nitrogen and oxygen atoms in total. The maximum absolute atomic E-state index is 14.4. The standard InChI is InChI=1S/C32H47N3O4/c1-8-9-10-16-21-35(28(29(36)33-23(2)3)26-20-15-14-17-24(26)4)30(37)27(22-25-18-12-11-13-19-25)34-31(38)39-32(5,6)7/h11-15,17-20,23,27-28H,8-10,16,21-22H2,1-7H3,(H,33,36)(H,34,38). The first-order chi connectivity index (χ1) is 18.4. The molecule has 2 rings (SSSR count). The van der Waals surface area contributed by atoms with E-state index in [-0.39, 0.29) is 24.3 Å². The smallest absolute Gasteiger partial charge is 0.408 e. The minimum atomic E-state index is -0.910. The molecule has 0 spiro atoms. The Labute approximate surface area is 234 Å². The lowest BCUT2D eigenvalue weighted by Gasteiger charge is -2.35. The second-order valence-electron chi connectivity index (χ2n) is 11.4. The summed E-state index contributed by atoms with van der Waals surface area (Å²) in [7, 11) is 0. The number of alkyl carbamates (subject to hydrolysis) is 1. The lowest BCUT2D eigenvalue weighted by atomic mass is 9.96. The van der Waals surface area contributed by atoms with Gasteiger partial charge in [-0.05, 0) is 64.7 Å². The molecule has 3 amide bonds. The molecule has 2 aromatic carbocycles. The molecule has 2 atom stereocenters. The molecular formula is C32H47N3O4. The summed E-state index contributed by atoms with van der Waals surface area (Å²) in [5.41, 5.74) is 1.88.